The molecule has 0 saturated carbocycles. The van der Waals surface area contributed by atoms with Crippen LogP contribution in [0.2, 0.25) is 20.1 Å². The Morgan fingerprint density at radius 3 is 0.731 bits per heavy atom. The molecular weight excluding hydrogens is 1640 g/mol. The van der Waals surface area contributed by atoms with E-state index in [9.17, 15) is 22.1 Å². The van der Waals surface area contributed by atoms with Crippen molar-refractivity contribution in [3.8, 4) is 0 Å². The Kier molecular flexibility index (Phi) is 20.1. The summed E-state index contributed by atoms with van der Waals surface area (Å²) in [5.41, 5.74) is -0.849. The number of rotatable bonds is 14. The third kappa shape index (κ3) is 22.2. The van der Waals surface area contributed by atoms with E-state index >= 15 is 0 Å². The maximum Gasteiger partial charge on any atom is 0.171 e. The topological polar surface area (TPSA) is 25.0 Å². The molecule has 0 spiro atoms. The molecule has 0 aromatic heterocycles. The largest absolute Gasteiger partial charge is 0.356 e. The Labute approximate surface area is 727 Å². The van der Waals surface area contributed by atoms with Crippen molar-refractivity contribution < 1.29 is 33.0 Å². The smallest absolute Gasteiger partial charge is 0.171 e. The molecule has 0 unspecified atom stereocenters. The number of para-hydroxylation sites is 4. The summed E-state index contributed by atoms with van der Waals surface area (Å²) in [6.07, 6.45) is 0. The predicted molar refractivity (Wildman–Crippen MR) is 491 cm³/mol. The lowest BCUT2D eigenvalue weighted by atomic mass is 9.86. The number of benzene rings is 12. The summed E-state index contributed by atoms with van der Waals surface area (Å²) in [6.45, 7) is 32.3. The molecule has 0 atom stereocenters. The lowest BCUT2D eigenvalue weighted by molar-refractivity contribution is 0.590. The van der Waals surface area contributed by atoms with Gasteiger partial charge in [-0.3, -0.25) is 0 Å². The zero-order chi connectivity index (χ0) is 97.0. The Morgan fingerprint density at radius 2 is 0.481 bits per heavy atom. The van der Waals surface area contributed by atoms with Gasteiger partial charge in [-0.05, 0) is 211 Å². The highest BCUT2D eigenvalue weighted by Crippen LogP contribution is 2.52. The van der Waals surface area contributed by atoms with Crippen LogP contribution < -0.4 is 24.9 Å². The first kappa shape index (κ1) is 59.1. The van der Waals surface area contributed by atoms with Gasteiger partial charge in [-0.1, -0.05) is 316 Å². The average molecular weight is 1760 g/mol. The van der Waals surface area contributed by atoms with Crippen LogP contribution in [0.25, 0.3) is 0 Å². The Hall–Kier alpha value is -7.81. The van der Waals surface area contributed by atoms with Gasteiger partial charge in [0, 0.05) is 62.6 Å². The van der Waals surface area contributed by atoms with E-state index < -0.39 is 80.1 Å². The highest BCUT2D eigenvalue weighted by molar-refractivity contribution is 14.1. The standard InChI is InChI=1S/C58H64ClN3.C20H27N.C18H12Cl3N.FI.HI/c1-55(2,3)41-23-31-47(32-24-41)61(48-33-25-42(26-34-48)56(4,5)6)52-39-51(60(45-19-15-13-16-20-45)46-21-17-14-18-22-46)40-53(54(52)59)62(49-35-27-43(28-36-49)57(7,8)9)50-37-29-44(30-38-50)58(10,11)12;1-19(2,3)15-7-11-17(12-8-15)21-18-13-9-16(10-14-18)20(4,5)6;19-16-11-15(12-17(20)18(16)21)22(13-7-3-1-4-8-13)14-9-5-2-6-10-14;1-2;/h13-40H,1-12H3;7-14,21H,1-6H3;1-12H;;1H/i23D,24D,25D,26D,27D,28D,29D,30D,31D,32D,33D,35D,36D,37D;7D,8D,9D,10D,11D,12D,13D,14D;;;. The third-order valence-electron chi connectivity index (χ3n) is 16.5. The van der Waals surface area contributed by atoms with Crippen LogP contribution in [0, 0.1) is 0 Å². The molecule has 0 fully saturated rings. The molecule has 12 heteroatoms. The average Bonchev–Trinajstić information content (AvgIpc) is 0.716. The maximum absolute atomic E-state index is 9.80. The first-order chi connectivity index (χ1) is 59.7. The molecule has 108 heavy (non-hydrogen) atoms. The number of halogens is 7. The van der Waals surface area contributed by atoms with E-state index in [0.717, 1.165) is 17.1 Å². The second-order valence-corrected chi connectivity index (χ2v) is 32.9. The molecule has 12 aromatic rings. The molecule has 0 saturated heterocycles. The minimum absolute atomic E-state index is 0. The monoisotopic (exact) mass is 1760 g/mol. The van der Waals surface area contributed by atoms with Gasteiger partial charge in [0.15, 0.2) is 23.2 Å². The van der Waals surface area contributed by atoms with Crippen LogP contribution in [0.15, 0.2) is 291 Å². The van der Waals surface area contributed by atoms with Crippen molar-refractivity contribution in [2.45, 2.75) is 157 Å². The molecule has 1 N–H and O–H groups in total. The third-order valence-corrected chi connectivity index (χ3v) is 18.1. The molecule has 0 radical (unpaired) electrons. The molecule has 0 aliphatic rings. The Balaban J connectivity index is 0.000000311. The highest BCUT2D eigenvalue weighted by atomic mass is 127. The van der Waals surface area contributed by atoms with E-state index in [2.05, 4.69) is 10.2 Å². The van der Waals surface area contributed by atoms with Gasteiger partial charge < -0.3 is 24.9 Å². The van der Waals surface area contributed by atoms with Gasteiger partial charge in [0.2, 0.25) is 0 Å². The van der Waals surface area contributed by atoms with Crippen molar-refractivity contribution in [2.24, 2.45) is 0 Å². The first-order valence-corrected chi connectivity index (χ1v) is 37.0. The van der Waals surface area contributed by atoms with E-state index in [1.54, 1.807) is 95.2 Å². The molecule has 562 valence electrons. The molecule has 12 aromatic carbocycles. The molecule has 0 heterocycles. The van der Waals surface area contributed by atoms with Crippen molar-refractivity contribution in [3.05, 3.63) is 344 Å². The van der Waals surface area contributed by atoms with Gasteiger partial charge in [-0.2, -0.15) is 2.86 Å². The van der Waals surface area contributed by atoms with Crippen LogP contribution >= 0.6 is 93.5 Å². The predicted octanol–water partition coefficient (Wildman–Crippen LogP) is 33.0. The lowest BCUT2D eigenvalue weighted by Gasteiger charge is -2.34. The number of nitrogens with zero attached hydrogens (tertiary/aromatic N) is 4. The van der Waals surface area contributed by atoms with Crippen LogP contribution in [-0.4, -0.2) is 0 Å². The van der Waals surface area contributed by atoms with Crippen LogP contribution in [0.3, 0.4) is 0 Å². The van der Waals surface area contributed by atoms with E-state index in [4.69, 9.17) is 57.4 Å². The molecular formula is C96H104Cl4FI2N5. The normalized spacial score (nSPS) is 14.5. The fraction of sp³-hybridized carbons (Fsp3) is 0.250. The zero-order valence-electron chi connectivity index (χ0n) is 86.0. The van der Waals surface area contributed by atoms with E-state index in [0.29, 0.717) is 49.6 Å². The van der Waals surface area contributed by atoms with Gasteiger partial charge >= 0.3 is 0 Å². The quantitative estimate of drug-likeness (QED) is 0.0864. The summed E-state index contributed by atoms with van der Waals surface area (Å²) in [7, 11) is 0. The van der Waals surface area contributed by atoms with Crippen molar-refractivity contribution in [1.29, 1.82) is 0 Å². The van der Waals surface area contributed by atoms with E-state index in [1.807, 2.05) is 180 Å². The minimum Gasteiger partial charge on any atom is -0.356 e. The molecule has 0 amide bonds. The van der Waals surface area contributed by atoms with Crippen molar-refractivity contribution in [1.82, 2.24) is 0 Å². The molecule has 0 aliphatic carbocycles. The summed E-state index contributed by atoms with van der Waals surface area (Å²) in [6, 6.07) is 40.3. The van der Waals surface area contributed by atoms with Crippen LogP contribution in [0.1, 0.15) is 188 Å². The van der Waals surface area contributed by atoms with Crippen molar-refractivity contribution in [3.63, 3.8) is 0 Å². The highest BCUT2D eigenvalue weighted by Gasteiger charge is 2.29. The summed E-state index contributed by atoms with van der Waals surface area (Å²) in [5.74, 6) is 0. The minimum atomic E-state index is -0.889. The lowest BCUT2D eigenvalue weighted by Crippen LogP contribution is -2.18. The number of anilines is 14. The summed E-state index contributed by atoms with van der Waals surface area (Å²) >= 11 is 27.1. The van der Waals surface area contributed by atoms with Gasteiger partial charge in [0.25, 0.3) is 0 Å². The van der Waals surface area contributed by atoms with E-state index in [-0.39, 0.29) is 199 Å². The number of nitrogens with one attached hydrogen (secondary N) is 1. The fourth-order valence-electron chi connectivity index (χ4n) is 10.6. The second kappa shape index (κ2) is 36.8. The van der Waals surface area contributed by atoms with Crippen LogP contribution in [0.4, 0.5) is 82.5 Å². The van der Waals surface area contributed by atoms with Gasteiger partial charge in [-0.15, -0.1) is 24.0 Å². The van der Waals surface area contributed by atoms with Crippen molar-refractivity contribution >= 4 is 173 Å². The second-order valence-electron chi connectivity index (χ2n) is 31.4. The van der Waals surface area contributed by atoms with Crippen molar-refractivity contribution in [2.75, 3.05) is 24.9 Å². The summed E-state index contributed by atoms with van der Waals surface area (Å²) < 4.78 is 210. The molecule has 0 aliphatic heterocycles. The van der Waals surface area contributed by atoms with Gasteiger partial charge in [0.05, 0.1) is 67.3 Å². The SMILES string of the molecule is Clc1cc(N(c2ccccc2)c2ccccc2)cc(Cl)c1Cl.FI.I.[2H]c1c([2H])c(C(C)(C)C)c([2H])c([2H])c1Nc1c([2H])c([2H])c(C(C)(C)C)c([2H])c1[2H].[2H]c1cc(N(c2cc(N(c3ccccc3)c3ccccc3)cc(N(c3cc([2H])c(C(C)(C)C)c([2H])c3[2H])c3c([2H])c([2H])c(C(C)(C)C)c([2H])c3[2H])c2Cl)c2c([2H])c([2H])c(C(C)(C)C)c([2H])c2[2H])c([2H])c([2H])c1C(C)(C)C. The molecule has 5 nitrogen and oxygen atoms in total. The van der Waals surface area contributed by atoms with Crippen LogP contribution in [-0.2, 0) is 32.5 Å². The molecule has 12 rings (SSSR count). The van der Waals surface area contributed by atoms with Crippen LogP contribution in [0.5, 0.6) is 0 Å². The van der Waals surface area contributed by atoms with Gasteiger partial charge in [0.1, 0.15) is 0 Å². The van der Waals surface area contributed by atoms with E-state index in [1.165, 1.54) is 21.9 Å². The number of hydrogen-bond donors (Lipinski definition) is 1. The fourth-order valence-corrected chi connectivity index (χ4v) is 11.5. The summed E-state index contributed by atoms with van der Waals surface area (Å²) in [4.78, 5) is 6.37. The first-order valence-electron chi connectivity index (χ1n) is 45.7. The maximum atomic E-state index is 9.80. The Morgan fingerprint density at radius 1 is 0.259 bits per heavy atom. The molecule has 0 bridgehead atoms. The summed E-state index contributed by atoms with van der Waals surface area (Å²) in [5, 5.41) is 3.59. The number of hydrogen-bond acceptors (Lipinski definition) is 5. The van der Waals surface area contributed by atoms with Gasteiger partial charge in [-0.25, -0.2) is 0 Å². The Bertz CT molecular complexity index is 5770. The zero-order valence-corrected chi connectivity index (χ0v) is 71.5.